The summed E-state index contributed by atoms with van der Waals surface area (Å²) in [5.41, 5.74) is -1.08. The number of fused-ring (bicyclic) bond motifs is 1. The van der Waals surface area contributed by atoms with Gasteiger partial charge >= 0.3 is 18.3 Å². The predicted octanol–water partition coefficient (Wildman–Crippen LogP) is 7.22. The maximum absolute atomic E-state index is 13.1. The van der Waals surface area contributed by atoms with Crippen LogP contribution < -0.4 is 4.74 Å². The number of carbonyl (C=O) groups is 1. The van der Waals surface area contributed by atoms with E-state index in [-0.39, 0.29) is 26.4 Å². The van der Waals surface area contributed by atoms with Gasteiger partial charge in [0.1, 0.15) is 10.6 Å². The lowest BCUT2D eigenvalue weighted by molar-refractivity contribution is -0.138. The van der Waals surface area contributed by atoms with E-state index in [0.717, 1.165) is 29.5 Å². The molecule has 0 aliphatic heterocycles. The Bertz CT molecular complexity index is 1300. The molecule has 0 unspecified atom stereocenters. The Morgan fingerprint density at radius 2 is 1.53 bits per heavy atom. The van der Waals surface area contributed by atoms with Gasteiger partial charge in [-0.05, 0) is 29.8 Å². The number of nitrogens with zero attached hydrogens (tertiary/aromatic N) is 1. The fourth-order valence-corrected chi connectivity index (χ4v) is 4.14. The van der Waals surface area contributed by atoms with Gasteiger partial charge in [0.05, 0.1) is 21.3 Å². The number of hydrogen-bond acceptors (Lipinski definition) is 4. The molecule has 0 atom stereocenters. The van der Waals surface area contributed by atoms with Crippen molar-refractivity contribution in [2.45, 2.75) is 12.4 Å². The molecule has 0 aliphatic carbocycles. The van der Waals surface area contributed by atoms with Crippen LogP contribution in [0, 0.1) is 0 Å². The number of ether oxygens (including phenoxy) is 1. The second-order valence-corrected chi connectivity index (χ2v) is 7.71. The van der Waals surface area contributed by atoms with Crippen molar-refractivity contribution in [1.82, 2.24) is 4.98 Å². The maximum Gasteiger partial charge on any atom is 0.417 e. The molecular formula is C22H11F6NO2S. The van der Waals surface area contributed by atoms with E-state index in [9.17, 15) is 31.1 Å². The summed E-state index contributed by atoms with van der Waals surface area (Å²) in [7, 11) is 0. The number of halogens is 6. The molecule has 2 heterocycles. The van der Waals surface area contributed by atoms with Crippen LogP contribution in [0.3, 0.4) is 0 Å². The summed E-state index contributed by atoms with van der Waals surface area (Å²) < 4.78 is 83.4. The SMILES string of the molecule is O=C(Oc1cccc(C(F)(F)F)c1)c1sc2cc(C(F)(F)F)cnc2c1-c1ccccc1. The first-order valence-corrected chi connectivity index (χ1v) is 9.80. The number of benzene rings is 2. The lowest BCUT2D eigenvalue weighted by atomic mass is 10.0. The summed E-state index contributed by atoms with van der Waals surface area (Å²) in [4.78, 5) is 16.7. The highest BCUT2D eigenvalue weighted by Gasteiger charge is 2.33. The molecule has 2 aromatic heterocycles. The van der Waals surface area contributed by atoms with Crippen molar-refractivity contribution >= 4 is 27.5 Å². The summed E-state index contributed by atoms with van der Waals surface area (Å²) in [5.74, 6) is -1.34. The smallest absolute Gasteiger partial charge is 0.417 e. The first-order valence-electron chi connectivity index (χ1n) is 8.98. The zero-order valence-electron chi connectivity index (χ0n) is 15.8. The van der Waals surface area contributed by atoms with Crippen molar-refractivity contribution in [3.8, 4) is 16.9 Å². The Labute approximate surface area is 180 Å². The Kier molecular flexibility index (Phi) is 5.41. The lowest BCUT2D eigenvalue weighted by Crippen LogP contribution is -2.10. The van der Waals surface area contributed by atoms with Gasteiger partial charge in [-0.3, -0.25) is 4.98 Å². The van der Waals surface area contributed by atoms with Crippen molar-refractivity contribution in [2.75, 3.05) is 0 Å². The molecule has 32 heavy (non-hydrogen) atoms. The van der Waals surface area contributed by atoms with Gasteiger partial charge in [0.25, 0.3) is 0 Å². The minimum absolute atomic E-state index is 0.0737. The molecular weight excluding hydrogens is 456 g/mol. The summed E-state index contributed by atoms with van der Waals surface area (Å²) in [6.45, 7) is 0. The number of esters is 1. The Morgan fingerprint density at radius 1 is 0.844 bits per heavy atom. The fraction of sp³-hybridized carbons (Fsp3) is 0.0909. The van der Waals surface area contributed by atoms with Gasteiger partial charge < -0.3 is 4.74 Å². The van der Waals surface area contributed by atoms with Crippen molar-refractivity contribution in [1.29, 1.82) is 0 Å². The molecule has 2 aromatic carbocycles. The highest BCUT2D eigenvalue weighted by molar-refractivity contribution is 7.21. The third-order valence-electron chi connectivity index (χ3n) is 4.48. The number of alkyl halides is 6. The molecule has 4 aromatic rings. The largest absolute Gasteiger partial charge is 0.422 e. The van der Waals surface area contributed by atoms with Crippen molar-refractivity contribution in [3.63, 3.8) is 0 Å². The topological polar surface area (TPSA) is 39.2 Å². The van der Waals surface area contributed by atoms with E-state index in [1.54, 1.807) is 30.3 Å². The van der Waals surface area contributed by atoms with Gasteiger partial charge in [-0.2, -0.15) is 26.3 Å². The zero-order chi connectivity index (χ0) is 23.1. The molecule has 0 fully saturated rings. The van der Waals surface area contributed by atoms with Crippen LogP contribution in [0.1, 0.15) is 20.8 Å². The number of hydrogen-bond donors (Lipinski definition) is 0. The summed E-state index contributed by atoms with van der Waals surface area (Å²) in [5, 5.41) is 0. The molecule has 0 N–H and O–H groups in total. The van der Waals surface area contributed by atoms with E-state index < -0.39 is 29.4 Å². The second kappa shape index (κ2) is 7.94. The van der Waals surface area contributed by atoms with Crippen LogP contribution in [0.15, 0.2) is 66.9 Å². The summed E-state index contributed by atoms with van der Waals surface area (Å²) in [6, 6.07) is 13.0. The van der Waals surface area contributed by atoms with Crippen LogP contribution in [-0.2, 0) is 12.4 Å². The quantitative estimate of drug-likeness (QED) is 0.181. The highest BCUT2D eigenvalue weighted by atomic mass is 32.1. The van der Waals surface area contributed by atoms with Crippen LogP contribution in [0.2, 0.25) is 0 Å². The first kappa shape index (κ1) is 21.8. The second-order valence-electron chi connectivity index (χ2n) is 6.66. The Balaban J connectivity index is 1.81. The monoisotopic (exact) mass is 467 g/mol. The number of aromatic nitrogens is 1. The van der Waals surface area contributed by atoms with Crippen molar-refractivity contribution in [2.24, 2.45) is 0 Å². The predicted molar refractivity (Wildman–Crippen MR) is 106 cm³/mol. The average molecular weight is 467 g/mol. The highest BCUT2D eigenvalue weighted by Crippen LogP contribution is 2.41. The molecule has 164 valence electrons. The van der Waals surface area contributed by atoms with Crippen LogP contribution >= 0.6 is 11.3 Å². The molecule has 3 nitrogen and oxygen atoms in total. The van der Waals surface area contributed by atoms with Gasteiger partial charge in [-0.15, -0.1) is 11.3 Å². The molecule has 0 saturated carbocycles. The summed E-state index contributed by atoms with van der Waals surface area (Å²) >= 11 is 0.727. The van der Waals surface area contributed by atoms with Gasteiger partial charge in [0.15, 0.2) is 0 Å². The first-order chi connectivity index (χ1) is 15.0. The maximum atomic E-state index is 13.1. The number of thiophene rings is 1. The minimum atomic E-state index is -4.63. The number of rotatable bonds is 3. The fourth-order valence-electron chi connectivity index (χ4n) is 3.04. The van der Waals surface area contributed by atoms with E-state index >= 15 is 0 Å². The van der Waals surface area contributed by atoms with Crippen LogP contribution in [0.5, 0.6) is 5.75 Å². The van der Waals surface area contributed by atoms with Gasteiger partial charge in [-0.1, -0.05) is 36.4 Å². The van der Waals surface area contributed by atoms with E-state index in [1.807, 2.05) is 0 Å². The molecule has 0 spiro atoms. The minimum Gasteiger partial charge on any atom is -0.422 e. The van der Waals surface area contributed by atoms with E-state index in [2.05, 4.69) is 4.98 Å². The standard InChI is InChI=1S/C22H11F6NO2S/c23-21(24,25)13-7-4-8-15(9-13)31-20(30)19-17(12-5-2-1-3-6-12)18-16(32-19)10-14(11-29-18)22(26,27)28/h1-11H. The Morgan fingerprint density at radius 3 is 2.19 bits per heavy atom. The Hall–Kier alpha value is -3.40. The zero-order valence-corrected chi connectivity index (χ0v) is 16.6. The molecule has 10 heteroatoms. The lowest BCUT2D eigenvalue weighted by Gasteiger charge is -2.09. The van der Waals surface area contributed by atoms with E-state index in [4.69, 9.17) is 4.74 Å². The van der Waals surface area contributed by atoms with Gasteiger partial charge in [-0.25, -0.2) is 4.79 Å². The average Bonchev–Trinajstić information content (AvgIpc) is 3.12. The molecule has 0 saturated heterocycles. The van der Waals surface area contributed by atoms with E-state index in [0.29, 0.717) is 17.8 Å². The van der Waals surface area contributed by atoms with Crippen molar-refractivity contribution in [3.05, 3.63) is 82.9 Å². The molecule has 0 radical (unpaired) electrons. The molecule has 4 rings (SSSR count). The third-order valence-corrected chi connectivity index (χ3v) is 5.58. The number of pyridine rings is 1. The molecule has 0 bridgehead atoms. The molecule has 0 aliphatic rings. The van der Waals surface area contributed by atoms with E-state index in [1.165, 1.54) is 6.07 Å². The van der Waals surface area contributed by atoms with Crippen molar-refractivity contribution < 1.29 is 35.9 Å². The normalized spacial score (nSPS) is 12.2. The third kappa shape index (κ3) is 4.31. The van der Waals surface area contributed by atoms with Crippen LogP contribution in [0.25, 0.3) is 21.3 Å². The van der Waals surface area contributed by atoms with Crippen LogP contribution in [-0.4, -0.2) is 11.0 Å². The van der Waals surface area contributed by atoms with Gasteiger partial charge in [0.2, 0.25) is 0 Å². The summed E-state index contributed by atoms with van der Waals surface area (Å²) in [6.07, 6.45) is -8.59. The molecule has 0 amide bonds. The van der Waals surface area contributed by atoms with Crippen LogP contribution in [0.4, 0.5) is 26.3 Å². The number of carbonyl (C=O) groups excluding carboxylic acids is 1. The van der Waals surface area contributed by atoms with Gasteiger partial charge in [0, 0.05) is 11.8 Å².